The van der Waals surface area contributed by atoms with E-state index >= 15 is 0 Å². The summed E-state index contributed by atoms with van der Waals surface area (Å²) in [5.41, 5.74) is 5.56. The van der Waals surface area contributed by atoms with Crippen LogP contribution in [-0.2, 0) is 16.6 Å². The Balaban J connectivity index is 1.52. The molecule has 7 heteroatoms. The number of fused-ring (bicyclic) bond motifs is 1. The minimum Gasteiger partial charge on any atom is -0.340 e. The van der Waals surface area contributed by atoms with Crippen LogP contribution in [-0.4, -0.2) is 30.4 Å². The number of nitrogens with zero attached hydrogens (tertiary/aromatic N) is 2. The first-order valence-corrected chi connectivity index (χ1v) is 13.4. The first-order valence-electron chi connectivity index (χ1n) is 11.5. The number of sulfonamides is 1. The van der Waals surface area contributed by atoms with Crippen molar-refractivity contribution >= 4 is 38.1 Å². The topological polar surface area (TPSA) is 42.3 Å². The van der Waals surface area contributed by atoms with Crippen LogP contribution in [0.1, 0.15) is 28.8 Å². The number of benzene rings is 3. The zero-order valence-electron chi connectivity index (χ0n) is 19.6. The Morgan fingerprint density at radius 3 is 2.49 bits per heavy atom. The van der Waals surface area contributed by atoms with Crippen molar-refractivity contribution in [3.8, 4) is 0 Å². The van der Waals surface area contributed by atoms with E-state index in [1.54, 1.807) is 30.3 Å². The molecule has 1 aliphatic heterocycles. The third kappa shape index (κ3) is 4.31. The van der Waals surface area contributed by atoms with Crippen LogP contribution < -0.4 is 0 Å². The fourth-order valence-corrected chi connectivity index (χ4v) is 6.61. The van der Waals surface area contributed by atoms with Gasteiger partial charge in [-0.3, -0.25) is 0 Å². The number of aryl methyl sites for hydroxylation is 1. The summed E-state index contributed by atoms with van der Waals surface area (Å²) in [6.45, 7) is 4.95. The van der Waals surface area contributed by atoms with Crippen LogP contribution in [0.25, 0.3) is 16.5 Å². The van der Waals surface area contributed by atoms with E-state index in [9.17, 15) is 12.8 Å². The van der Waals surface area contributed by atoms with Gasteiger partial charge >= 0.3 is 0 Å². The molecule has 1 aliphatic rings. The number of para-hydroxylation sites is 1. The highest BCUT2D eigenvalue weighted by molar-refractivity contribution is 7.89. The molecule has 4 nitrogen and oxygen atoms in total. The second kappa shape index (κ2) is 9.26. The van der Waals surface area contributed by atoms with Gasteiger partial charge in [0.2, 0.25) is 10.0 Å². The number of rotatable bonds is 5. The average molecular weight is 509 g/mol. The molecule has 0 amide bonds. The van der Waals surface area contributed by atoms with Crippen LogP contribution in [0.5, 0.6) is 0 Å². The maximum atomic E-state index is 14.6. The predicted molar refractivity (Wildman–Crippen MR) is 140 cm³/mol. The van der Waals surface area contributed by atoms with E-state index in [4.69, 9.17) is 11.6 Å². The number of hydrogen-bond donors (Lipinski definition) is 0. The highest BCUT2D eigenvalue weighted by atomic mass is 35.5. The molecule has 5 rings (SSSR count). The van der Waals surface area contributed by atoms with Crippen LogP contribution in [0, 0.1) is 19.7 Å². The summed E-state index contributed by atoms with van der Waals surface area (Å²) in [6, 6.07) is 19.8. The summed E-state index contributed by atoms with van der Waals surface area (Å²) in [4.78, 5) is 0.323. The van der Waals surface area contributed by atoms with E-state index in [-0.39, 0.29) is 5.82 Å². The minimum absolute atomic E-state index is 0.309. The average Bonchev–Trinajstić information content (AvgIpc) is 3.12. The molecule has 35 heavy (non-hydrogen) atoms. The maximum absolute atomic E-state index is 14.6. The van der Waals surface area contributed by atoms with E-state index in [2.05, 4.69) is 10.6 Å². The van der Waals surface area contributed by atoms with Crippen molar-refractivity contribution < 1.29 is 12.8 Å². The molecule has 0 spiro atoms. The number of hydrogen-bond acceptors (Lipinski definition) is 2. The zero-order valence-corrected chi connectivity index (χ0v) is 21.2. The van der Waals surface area contributed by atoms with Gasteiger partial charge in [0, 0.05) is 45.8 Å². The standard InChI is InChI=1S/C28H26ClFN2O2S/c1-19-7-5-8-22(17-19)35(33,34)31-15-13-21(14-16-31)28-20(2)32(27-12-4-3-9-23(27)28)18-24-25(29)10-6-11-26(24)30/h3-13,17H,14-16,18H2,1-2H3. The molecule has 3 aromatic carbocycles. The molecule has 0 unspecified atom stereocenters. The molecule has 0 aliphatic carbocycles. The SMILES string of the molecule is Cc1cccc(S(=O)(=O)N2CC=C(c3c(C)n(Cc4c(F)cccc4Cl)c4ccccc34)CC2)c1. The van der Waals surface area contributed by atoms with Crippen molar-refractivity contribution in [3.63, 3.8) is 0 Å². The summed E-state index contributed by atoms with van der Waals surface area (Å²) < 4.78 is 44.5. The van der Waals surface area contributed by atoms with Crippen LogP contribution >= 0.6 is 11.6 Å². The second-order valence-electron chi connectivity index (χ2n) is 8.92. The Labute approximate surface area is 210 Å². The van der Waals surface area contributed by atoms with Crippen molar-refractivity contribution in [2.75, 3.05) is 13.1 Å². The fourth-order valence-electron chi connectivity index (χ4n) is 4.90. The van der Waals surface area contributed by atoms with Gasteiger partial charge in [0.1, 0.15) is 5.82 Å². The van der Waals surface area contributed by atoms with Gasteiger partial charge in [-0.05, 0) is 61.7 Å². The molecule has 0 radical (unpaired) electrons. The molecule has 0 saturated heterocycles. The molecular formula is C28H26ClFN2O2S. The molecule has 0 bridgehead atoms. The smallest absolute Gasteiger partial charge is 0.243 e. The largest absolute Gasteiger partial charge is 0.340 e. The van der Waals surface area contributed by atoms with E-state index in [1.165, 1.54) is 10.4 Å². The van der Waals surface area contributed by atoms with Gasteiger partial charge in [-0.15, -0.1) is 0 Å². The summed E-state index contributed by atoms with van der Waals surface area (Å²) in [5, 5.41) is 1.47. The quantitative estimate of drug-likeness (QED) is 0.305. The van der Waals surface area contributed by atoms with Crippen LogP contribution in [0.15, 0.2) is 77.7 Å². The lowest BCUT2D eigenvalue weighted by molar-refractivity contribution is 0.441. The van der Waals surface area contributed by atoms with Crippen molar-refractivity contribution in [2.45, 2.75) is 31.7 Å². The monoisotopic (exact) mass is 508 g/mol. The molecule has 180 valence electrons. The molecule has 2 heterocycles. The predicted octanol–water partition coefficient (Wildman–Crippen LogP) is 6.58. The van der Waals surface area contributed by atoms with E-state index in [0.717, 1.165) is 33.3 Å². The first-order chi connectivity index (χ1) is 16.8. The Morgan fingerprint density at radius 2 is 1.77 bits per heavy atom. The molecule has 0 saturated carbocycles. The van der Waals surface area contributed by atoms with Crippen molar-refractivity contribution in [2.24, 2.45) is 0 Å². The lowest BCUT2D eigenvalue weighted by Gasteiger charge is -2.26. The third-order valence-electron chi connectivity index (χ3n) is 6.73. The zero-order chi connectivity index (χ0) is 24.7. The highest BCUT2D eigenvalue weighted by Crippen LogP contribution is 2.36. The first kappa shape index (κ1) is 23.8. The molecule has 0 fully saturated rings. The Bertz CT molecular complexity index is 1550. The summed E-state index contributed by atoms with van der Waals surface area (Å²) in [6.07, 6.45) is 2.60. The summed E-state index contributed by atoms with van der Waals surface area (Å²) in [7, 11) is -3.56. The molecule has 4 aromatic rings. The molecule has 1 aromatic heterocycles. The van der Waals surface area contributed by atoms with Crippen molar-refractivity contribution in [1.82, 2.24) is 8.87 Å². The lowest BCUT2D eigenvalue weighted by atomic mass is 9.97. The van der Waals surface area contributed by atoms with E-state index in [0.29, 0.717) is 41.5 Å². The van der Waals surface area contributed by atoms with Crippen LogP contribution in [0.2, 0.25) is 5.02 Å². The van der Waals surface area contributed by atoms with Gasteiger partial charge in [-0.25, -0.2) is 12.8 Å². The minimum atomic E-state index is -3.56. The molecular weight excluding hydrogens is 483 g/mol. The number of halogens is 2. The Morgan fingerprint density at radius 1 is 1.00 bits per heavy atom. The lowest BCUT2D eigenvalue weighted by Crippen LogP contribution is -2.34. The van der Waals surface area contributed by atoms with Gasteiger partial charge in [-0.1, -0.05) is 54.1 Å². The summed E-state index contributed by atoms with van der Waals surface area (Å²) >= 11 is 6.33. The second-order valence-corrected chi connectivity index (χ2v) is 11.3. The summed E-state index contributed by atoms with van der Waals surface area (Å²) in [5.74, 6) is -0.329. The van der Waals surface area contributed by atoms with Crippen LogP contribution in [0.3, 0.4) is 0 Å². The van der Waals surface area contributed by atoms with Gasteiger partial charge in [-0.2, -0.15) is 4.31 Å². The fraction of sp³-hybridized carbons (Fsp3) is 0.214. The maximum Gasteiger partial charge on any atom is 0.243 e. The van der Waals surface area contributed by atoms with Crippen molar-refractivity contribution in [3.05, 3.63) is 106 Å². The molecule has 0 atom stereocenters. The van der Waals surface area contributed by atoms with Crippen molar-refractivity contribution in [1.29, 1.82) is 0 Å². The van der Waals surface area contributed by atoms with E-state index < -0.39 is 10.0 Å². The number of aromatic nitrogens is 1. The van der Waals surface area contributed by atoms with Crippen LogP contribution in [0.4, 0.5) is 4.39 Å². The van der Waals surface area contributed by atoms with Gasteiger partial charge < -0.3 is 4.57 Å². The van der Waals surface area contributed by atoms with Gasteiger partial charge in [0.25, 0.3) is 0 Å². The highest BCUT2D eigenvalue weighted by Gasteiger charge is 2.28. The third-order valence-corrected chi connectivity index (χ3v) is 8.94. The normalized spacial score (nSPS) is 14.9. The Hall–Kier alpha value is -2.93. The van der Waals surface area contributed by atoms with Gasteiger partial charge in [0.05, 0.1) is 11.4 Å². The van der Waals surface area contributed by atoms with Gasteiger partial charge in [0.15, 0.2) is 0 Å². The van der Waals surface area contributed by atoms with E-state index in [1.807, 2.05) is 44.2 Å². The Kier molecular flexibility index (Phi) is 6.30. The molecule has 0 N–H and O–H groups in total.